The number of rotatable bonds is 12. The lowest BCUT2D eigenvalue weighted by Crippen LogP contribution is -2.54. The molecule has 0 saturated carbocycles. The van der Waals surface area contributed by atoms with Gasteiger partial charge in [0.15, 0.2) is 36.8 Å². The van der Waals surface area contributed by atoms with Crippen LogP contribution in [-0.4, -0.2) is 75.9 Å². The summed E-state index contributed by atoms with van der Waals surface area (Å²) in [6, 6.07) is 0. The minimum absolute atomic E-state index is 0.00431. The van der Waals surface area contributed by atoms with Crippen molar-refractivity contribution in [3.05, 3.63) is 12.5 Å². The minimum Gasteiger partial charge on any atom is -0.414 e. The van der Waals surface area contributed by atoms with Crippen LogP contribution >= 0.6 is 0 Å². The average molecular weight is 666 g/mol. The van der Waals surface area contributed by atoms with Gasteiger partial charge in [-0.2, -0.15) is 4.98 Å². The van der Waals surface area contributed by atoms with Crippen molar-refractivity contribution in [2.45, 2.75) is 161 Å². The normalized spacial score (nSPS) is 22.6. The van der Waals surface area contributed by atoms with Crippen molar-refractivity contribution in [1.82, 2.24) is 19.5 Å². The molecule has 0 bridgehead atoms. The third-order valence-electron chi connectivity index (χ3n) is 10.6. The Labute approximate surface area is 271 Å². The molecule has 0 aromatic carbocycles. The summed E-state index contributed by atoms with van der Waals surface area (Å²) >= 11 is 0. The van der Waals surface area contributed by atoms with Crippen LogP contribution in [-0.2, 0) is 18.0 Å². The van der Waals surface area contributed by atoms with Crippen LogP contribution in [0.25, 0.3) is 11.2 Å². The molecular formula is C32H63N5O4Si3. The van der Waals surface area contributed by atoms with E-state index in [4.69, 9.17) is 28.0 Å². The van der Waals surface area contributed by atoms with Crippen molar-refractivity contribution in [3.8, 4) is 0 Å². The summed E-state index contributed by atoms with van der Waals surface area (Å²) < 4.78 is 30.5. The molecule has 3 heterocycles. The SMILES string of the molecule is CCCCNc1ncc2ncn([C@@H]3O[C@H](CO[Si](C)(C)C(C)(C)C)[C@@H](O[Si](C)(C)C(C)(C)C)[C@H]3O[Si](C)(C)C(C)(C)C)c2n1. The lowest BCUT2D eigenvalue weighted by atomic mass is 10.1. The number of hydrogen-bond donors (Lipinski definition) is 1. The quantitative estimate of drug-likeness (QED) is 0.178. The van der Waals surface area contributed by atoms with Crippen LogP contribution in [0.1, 0.15) is 88.3 Å². The Morgan fingerprint density at radius 1 is 0.818 bits per heavy atom. The third kappa shape index (κ3) is 8.21. The van der Waals surface area contributed by atoms with Crippen LogP contribution < -0.4 is 5.32 Å². The summed E-state index contributed by atoms with van der Waals surface area (Å²) in [5.41, 5.74) is 1.45. The summed E-state index contributed by atoms with van der Waals surface area (Å²) in [6.45, 7) is 37.8. The fourth-order valence-electron chi connectivity index (χ4n) is 4.35. The van der Waals surface area contributed by atoms with Crippen LogP contribution in [0.2, 0.25) is 54.4 Å². The van der Waals surface area contributed by atoms with Crippen molar-refractivity contribution < 1.29 is 18.0 Å². The Hall–Kier alpha value is -1.16. The molecule has 0 aliphatic carbocycles. The predicted molar refractivity (Wildman–Crippen MR) is 190 cm³/mol. The van der Waals surface area contributed by atoms with Gasteiger partial charge in [-0.3, -0.25) is 4.57 Å². The molecule has 1 aliphatic heterocycles. The molecule has 1 aliphatic rings. The van der Waals surface area contributed by atoms with E-state index in [1.165, 1.54) is 0 Å². The fourth-order valence-corrected chi connectivity index (χ4v) is 7.97. The van der Waals surface area contributed by atoms with E-state index in [9.17, 15) is 0 Å². The topological polar surface area (TPSA) is 92.6 Å². The summed E-state index contributed by atoms with van der Waals surface area (Å²) in [4.78, 5) is 14.1. The van der Waals surface area contributed by atoms with Gasteiger partial charge in [0.25, 0.3) is 0 Å². The number of aromatic nitrogens is 4. The summed E-state index contributed by atoms with van der Waals surface area (Å²) in [5, 5.41) is 3.47. The standard InChI is InChI=1S/C32H63N5O4Si3/c1-17-18-19-33-29-34-20-23-27(36-29)37(22-35-23)28-26(41-44(15,16)32(8,9)10)25(40-43(13,14)31(5,6)7)24(39-28)21-38-42(11,12)30(2,3)4/h20,22,24-26,28H,17-19,21H2,1-16H3,(H,33,34,36)/t24-,25-,26-,28-/m1/s1. The lowest BCUT2D eigenvalue weighted by molar-refractivity contribution is -0.0470. The largest absolute Gasteiger partial charge is 0.414 e. The zero-order valence-electron chi connectivity index (χ0n) is 30.7. The van der Waals surface area contributed by atoms with E-state index in [1.807, 2.05) is 10.9 Å². The van der Waals surface area contributed by atoms with Gasteiger partial charge in [0.2, 0.25) is 5.95 Å². The van der Waals surface area contributed by atoms with E-state index < -0.39 is 31.2 Å². The second-order valence-electron chi connectivity index (χ2n) is 17.2. The second kappa shape index (κ2) is 13.2. The van der Waals surface area contributed by atoms with Crippen molar-refractivity contribution in [2.24, 2.45) is 0 Å². The Kier molecular flexibility index (Phi) is 11.2. The molecule has 9 nitrogen and oxygen atoms in total. The third-order valence-corrected chi connectivity index (χ3v) is 24.0. The number of unbranched alkanes of at least 4 members (excludes halogenated alkanes) is 1. The van der Waals surface area contributed by atoms with Crippen LogP contribution in [0.15, 0.2) is 12.5 Å². The number of imidazole rings is 1. The Bertz CT molecular complexity index is 1250. The summed E-state index contributed by atoms with van der Waals surface area (Å²) in [6.07, 6.45) is 4.31. The monoisotopic (exact) mass is 665 g/mol. The maximum absolute atomic E-state index is 7.32. The zero-order valence-corrected chi connectivity index (χ0v) is 33.7. The van der Waals surface area contributed by atoms with Gasteiger partial charge in [0.1, 0.15) is 23.8 Å². The highest BCUT2D eigenvalue weighted by Gasteiger charge is 2.55. The van der Waals surface area contributed by atoms with E-state index in [2.05, 4.69) is 119 Å². The van der Waals surface area contributed by atoms with Crippen molar-refractivity contribution in [2.75, 3.05) is 18.5 Å². The smallest absolute Gasteiger partial charge is 0.224 e. The number of anilines is 1. The van der Waals surface area contributed by atoms with Crippen molar-refractivity contribution in [3.63, 3.8) is 0 Å². The molecule has 4 atom stereocenters. The van der Waals surface area contributed by atoms with Gasteiger partial charge in [-0.1, -0.05) is 75.7 Å². The molecule has 0 amide bonds. The first-order valence-electron chi connectivity index (χ1n) is 16.5. The lowest BCUT2D eigenvalue weighted by Gasteiger charge is -2.44. The van der Waals surface area contributed by atoms with E-state index in [0.717, 1.165) is 30.6 Å². The van der Waals surface area contributed by atoms with Crippen molar-refractivity contribution >= 4 is 42.1 Å². The molecule has 2 aromatic rings. The number of nitrogens with one attached hydrogen (secondary N) is 1. The highest BCUT2D eigenvalue weighted by atomic mass is 28.4. The molecular weight excluding hydrogens is 603 g/mol. The Morgan fingerprint density at radius 3 is 1.89 bits per heavy atom. The maximum Gasteiger partial charge on any atom is 0.224 e. The number of hydrogen-bond acceptors (Lipinski definition) is 8. The second-order valence-corrected chi connectivity index (χ2v) is 31.5. The number of ether oxygens (including phenoxy) is 1. The predicted octanol–water partition coefficient (Wildman–Crippen LogP) is 8.74. The maximum atomic E-state index is 7.32. The van der Waals surface area contributed by atoms with Crippen LogP contribution in [0.3, 0.4) is 0 Å². The zero-order chi connectivity index (χ0) is 33.5. The molecule has 0 spiro atoms. The van der Waals surface area contributed by atoms with Crippen LogP contribution in [0.4, 0.5) is 5.95 Å². The Balaban J connectivity index is 2.14. The van der Waals surface area contributed by atoms with Gasteiger partial charge in [-0.25, -0.2) is 9.97 Å². The molecule has 12 heteroatoms. The molecule has 0 radical (unpaired) electrons. The van der Waals surface area contributed by atoms with Gasteiger partial charge in [0, 0.05) is 6.54 Å². The van der Waals surface area contributed by atoms with Gasteiger partial charge in [-0.15, -0.1) is 0 Å². The Morgan fingerprint density at radius 2 is 1.36 bits per heavy atom. The molecule has 1 fully saturated rings. The van der Waals surface area contributed by atoms with Gasteiger partial charge < -0.3 is 23.3 Å². The van der Waals surface area contributed by atoms with Gasteiger partial charge >= 0.3 is 0 Å². The van der Waals surface area contributed by atoms with Crippen LogP contribution in [0, 0.1) is 0 Å². The number of fused-ring (bicyclic) bond motifs is 1. The van der Waals surface area contributed by atoms with E-state index in [0.29, 0.717) is 12.6 Å². The first-order chi connectivity index (χ1) is 19.9. The number of nitrogens with zero attached hydrogens (tertiary/aromatic N) is 4. The molecule has 44 heavy (non-hydrogen) atoms. The van der Waals surface area contributed by atoms with Gasteiger partial charge in [0.05, 0.1) is 19.1 Å². The van der Waals surface area contributed by atoms with E-state index in [-0.39, 0.29) is 33.4 Å². The minimum atomic E-state index is -2.26. The van der Waals surface area contributed by atoms with E-state index in [1.54, 1.807) is 6.20 Å². The molecule has 0 unspecified atom stereocenters. The first kappa shape index (κ1) is 37.3. The van der Waals surface area contributed by atoms with Crippen molar-refractivity contribution in [1.29, 1.82) is 0 Å². The molecule has 1 N–H and O–H groups in total. The summed E-state index contributed by atoms with van der Waals surface area (Å²) in [5.74, 6) is 0.597. The summed E-state index contributed by atoms with van der Waals surface area (Å²) in [7, 11) is -6.55. The fraction of sp³-hybridized carbons (Fsp3) is 0.844. The first-order valence-corrected chi connectivity index (χ1v) is 25.2. The highest BCUT2D eigenvalue weighted by molar-refractivity contribution is 6.75. The van der Waals surface area contributed by atoms with Crippen LogP contribution in [0.5, 0.6) is 0 Å². The molecule has 1 saturated heterocycles. The van der Waals surface area contributed by atoms with Gasteiger partial charge in [-0.05, 0) is 60.8 Å². The average Bonchev–Trinajstić information content (AvgIpc) is 3.41. The molecule has 3 rings (SSSR count). The van der Waals surface area contributed by atoms with E-state index >= 15 is 0 Å². The highest BCUT2D eigenvalue weighted by Crippen LogP contribution is 2.47. The molecule has 252 valence electrons. The molecule has 2 aromatic heterocycles.